The first-order valence-electron chi connectivity index (χ1n) is 5.90. The lowest BCUT2D eigenvalue weighted by Gasteiger charge is -2.27. The number of hydrogen-bond donors (Lipinski definition) is 0. The Morgan fingerprint density at radius 2 is 1.64 bits per heavy atom. The van der Waals surface area contributed by atoms with Gasteiger partial charge < -0.3 is 4.74 Å². The lowest BCUT2D eigenvalue weighted by atomic mass is 9.98. The van der Waals surface area contributed by atoms with Crippen LogP contribution < -0.4 is 0 Å². The highest BCUT2D eigenvalue weighted by Gasteiger charge is 2.25. The molecule has 0 bridgehead atoms. The van der Waals surface area contributed by atoms with Gasteiger partial charge in [0.05, 0.1) is 6.10 Å². The normalized spacial score (nSPS) is 28.1. The van der Waals surface area contributed by atoms with E-state index in [0.717, 1.165) is 38.8 Å². The molecule has 3 heteroatoms. The first kappa shape index (κ1) is 10.4. The Labute approximate surface area is 85.4 Å². The van der Waals surface area contributed by atoms with Gasteiger partial charge in [-0.2, -0.15) is 4.39 Å². The van der Waals surface area contributed by atoms with Gasteiger partial charge in [-0.25, -0.2) is 0 Å². The van der Waals surface area contributed by atoms with Crippen LogP contribution in [0.3, 0.4) is 0 Å². The highest BCUT2D eigenvalue weighted by molar-refractivity contribution is 4.69. The van der Waals surface area contributed by atoms with E-state index in [1.54, 1.807) is 0 Å². The minimum Gasteiger partial charge on any atom is -0.333 e. The van der Waals surface area contributed by atoms with E-state index in [0.29, 0.717) is 0 Å². The molecule has 1 saturated heterocycles. The van der Waals surface area contributed by atoms with E-state index in [1.807, 2.05) is 4.90 Å². The molecule has 0 amide bonds. The van der Waals surface area contributed by atoms with Crippen molar-refractivity contribution in [2.45, 2.75) is 57.5 Å². The van der Waals surface area contributed by atoms with E-state index in [-0.39, 0.29) is 6.10 Å². The fourth-order valence-corrected chi connectivity index (χ4v) is 2.39. The van der Waals surface area contributed by atoms with Crippen molar-refractivity contribution in [3.05, 3.63) is 0 Å². The van der Waals surface area contributed by atoms with Crippen LogP contribution in [0, 0.1) is 0 Å². The predicted molar refractivity (Wildman–Crippen MR) is 53.7 cm³/mol. The van der Waals surface area contributed by atoms with Crippen LogP contribution in [0.1, 0.15) is 44.9 Å². The molecule has 1 heterocycles. The summed E-state index contributed by atoms with van der Waals surface area (Å²) < 4.78 is 19.0. The van der Waals surface area contributed by atoms with Gasteiger partial charge in [0.1, 0.15) is 0 Å². The molecule has 82 valence electrons. The summed E-state index contributed by atoms with van der Waals surface area (Å²) in [6.45, 7) is 0.600. The number of nitrogens with zero attached hydrogens (tertiary/aromatic N) is 1. The molecule has 0 aromatic heterocycles. The molecule has 14 heavy (non-hydrogen) atoms. The average molecular weight is 201 g/mol. The van der Waals surface area contributed by atoms with Crippen molar-refractivity contribution >= 4 is 0 Å². The Balaban J connectivity index is 1.72. The maximum Gasteiger partial charge on any atom is 0.258 e. The Kier molecular flexibility index (Phi) is 3.76. The molecule has 2 rings (SSSR count). The monoisotopic (exact) mass is 201 g/mol. The Bertz CT molecular complexity index is 165. The van der Waals surface area contributed by atoms with Crippen LogP contribution in [-0.4, -0.2) is 30.6 Å². The number of hydrogen-bond acceptors (Lipinski definition) is 2. The summed E-state index contributed by atoms with van der Waals surface area (Å²) in [5.74, 6) is 0. The third-order valence-electron chi connectivity index (χ3n) is 3.28. The highest BCUT2D eigenvalue weighted by Crippen LogP contribution is 2.23. The van der Waals surface area contributed by atoms with Crippen LogP contribution in [0.4, 0.5) is 4.39 Å². The molecule has 0 N–H and O–H groups in total. The third-order valence-corrected chi connectivity index (χ3v) is 3.28. The molecule has 2 nitrogen and oxygen atoms in total. The van der Waals surface area contributed by atoms with Crippen molar-refractivity contribution in [3.63, 3.8) is 0 Å². The molecular formula is C11H20FNO. The van der Waals surface area contributed by atoms with E-state index < -0.39 is 6.48 Å². The van der Waals surface area contributed by atoms with Crippen molar-refractivity contribution in [1.82, 2.24) is 4.90 Å². The minimum absolute atomic E-state index is 0.180. The topological polar surface area (TPSA) is 12.5 Å². The van der Waals surface area contributed by atoms with Gasteiger partial charge in [0, 0.05) is 13.1 Å². The smallest absolute Gasteiger partial charge is 0.258 e. The van der Waals surface area contributed by atoms with Crippen LogP contribution in [0.5, 0.6) is 0 Å². The molecule has 0 spiro atoms. The summed E-state index contributed by atoms with van der Waals surface area (Å²) in [4.78, 5) is 1.81. The van der Waals surface area contributed by atoms with E-state index >= 15 is 0 Å². The number of halogens is 1. The Hall–Kier alpha value is -0.150. The van der Waals surface area contributed by atoms with Gasteiger partial charge in [-0.3, -0.25) is 4.90 Å². The maximum absolute atomic E-state index is 13.6. The van der Waals surface area contributed by atoms with Crippen LogP contribution in [0.15, 0.2) is 0 Å². The number of alkyl halides is 1. The minimum atomic E-state index is -1.14. The SMILES string of the molecule is FC(OC1CCCCC1)N1CCCC1. The van der Waals surface area contributed by atoms with E-state index in [2.05, 4.69) is 0 Å². The lowest BCUT2D eigenvalue weighted by molar-refractivity contribution is -0.172. The second-order valence-corrected chi connectivity index (χ2v) is 4.43. The molecule has 2 aliphatic rings. The maximum atomic E-state index is 13.6. The first-order chi connectivity index (χ1) is 6.86. The molecule has 1 aliphatic heterocycles. The van der Waals surface area contributed by atoms with Crippen molar-refractivity contribution in [3.8, 4) is 0 Å². The summed E-state index contributed by atoms with van der Waals surface area (Å²) in [5, 5.41) is 0. The van der Waals surface area contributed by atoms with E-state index in [9.17, 15) is 4.39 Å². The fourth-order valence-electron chi connectivity index (χ4n) is 2.39. The number of rotatable bonds is 3. The van der Waals surface area contributed by atoms with Gasteiger partial charge in [0.15, 0.2) is 0 Å². The number of likely N-dealkylation sites (tertiary alicyclic amines) is 1. The molecule has 1 saturated carbocycles. The molecule has 0 aromatic carbocycles. The predicted octanol–water partition coefficient (Wildman–Crippen LogP) is 2.68. The highest BCUT2D eigenvalue weighted by atomic mass is 19.1. The zero-order chi connectivity index (χ0) is 9.80. The second-order valence-electron chi connectivity index (χ2n) is 4.43. The quantitative estimate of drug-likeness (QED) is 0.651. The molecule has 1 atom stereocenters. The van der Waals surface area contributed by atoms with Crippen LogP contribution in [0.2, 0.25) is 0 Å². The van der Waals surface area contributed by atoms with Gasteiger partial charge in [0.2, 0.25) is 0 Å². The van der Waals surface area contributed by atoms with Gasteiger partial charge in [-0.15, -0.1) is 0 Å². The van der Waals surface area contributed by atoms with Crippen molar-refractivity contribution in [2.24, 2.45) is 0 Å². The largest absolute Gasteiger partial charge is 0.333 e. The summed E-state index contributed by atoms with van der Waals surface area (Å²) in [5.41, 5.74) is 0. The van der Waals surface area contributed by atoms with E-state index in [4.69, 9.17) is 4.74 Å². The molecule has 2 fully saturated rings. The molecular weight excluding hydrogens is 181 g/mol. The van der Waals surface area contributed by atoms with Crippen LogP contribution in [0.25, 0.3) is 0 Å². The van der Waals surface area contributed by atoms with Gasteiger partial charge in [-0.05, 0) is 25.7 Å². The van der Waals surface area contributed by atoms with Gasteiger partial charge in [-0.1, -0.05) is 19.3 Å². The van der Waals surface area contributed by atoms with Gasteiger partial charge in [0.25, 0.3) is 6.48 Å². The summed E-state index contributed by atoms with van der Waals surface area (Å²) in [7, 11) is 0. The first-order valence-corrected chi connectivity index (χ1v) is 5.90. The molecule has 0 radical (unpaired) electrons. The third kappa shape index (κ3) is 2.67. The van der Waals surface area contributed by atoms with Crippen LogP contribution in [-0.2, 0) is 4.74 Å². The molecule has 1 aliphatic carbocycles. The van der Waals surface area contributed by atoms with Crippen molar-refractivity contribution in [2.75, 3.05) is 13.1 Å². The molecule has 1 unspecified atom stereocenters. The zero-order valence-electron chi connectivity index (χ0n) is 8.75. The standard InChI is InChI=1S/C11H20FNO/c12-11(13-8-4-5-9-13)14-10-6-2-1-3-7-10/h10-11H,1-9H2. The summed E-state index contributed by atoms with van der Waals surface area (Å²) >= 11 is 0. The van der Waals surface area contributed by atoms with Crippen LogP contribution >= 0.6 is 0 Å². The Morgan fingerprint density at radius 1 is 1.00 bits per heavy atom. The van der Waals surface area contributed by atoms with E-state index in [1.165, 1.54) is 19.3 Å². The number of ether oxygens (including phenoxy) is 1. The zero-order valence-corrected chi connectivity index (χ0v) is 8.75. The summed E-state index contributed by atoms with van der Waals surface area (Å²) in [6.07, 6.45) is 8.22. The fraction of sp³-hybridized carbons (Fsp3) is 1.00. The summed E-state index contributed by atoms with van der Waals surface area (Å²) in [6, 6.07) is 0. The van der Waals surface area contributed by atoms with Gasteiger partial charge >= 0.3 is 0 Å². The Morgan fingerprint density at radius 3 is 2.29 bits per heavy atom. The van der Waals surface area contributed by atoms with Crippen molar-refractivity contribution in [1.29, 1.82) is 0 Å². The molecule has 0 aromatic rings. The second kappa shape index (κ2) is 5.08. The lowest BCUT2D eigenvalue weighted by Crippen LogP contribution is -2.35. The van der Waals surface area contributed by atoms with Crippen molar-refractivity contribution < 1.29 is 9.13 Å². The average Bonchev–Trinajstić information content (AvgIpc) is 2.72.